The Kier molecular flexibility index (Phi) is 5.01. The lowest BCUT2D eigenvalue weighted by atomic mass is 10.1. The molecule has 1 N–H and O–H groups in total. The summed E-state index contributed by atoms with van der Waals surface area (Å²) in [7, 11) is 1.47. The number of carbonyl (C=O) groups is 1. The number of fused-ring (bicyclic) bond motifs is 2. The Hall–Kier alpha value is -2.92. The maximum absolute atomic E-state index is 12.9. The molecule has 2 aromatic rings. The number of hydrogen-bond donors (Lipinski definition) is 1. The molecule has 1 unspecified atom stereocenters. The number of ether oxygens (including phenoxy) is 1. The van der Waals surface area contributed by atoms with Crippen molar-refractivity contribution in [3.8, 4) is 5.75 Å². The van der Waals surface area contributed by atoms with Gasteiger partial charge in [-0.25, -0.2) is 5.01 Å². The van der Waals surface area contributed by atoms with Gasteiger partial charge < -0.3 is 4.74 Å². The van der Waals surface area contributed by atoms with Crippen LogP contribution in [0.3, 0.4) is 0 Å². The number of nitro groups is 1. The van der Waals surface area contributed by atoms with Crippen molar-refractivity contribution in [2.24, 2.45) is 10.1 Å². The lowest BCUT2D eigenvalue weighted by Crippen LogP contribution is -2.50. The average Bonchev–Trinajstić information content (AvgIpc) is 2.72. The van der Waals surface area contributed by atoms with Gasteiger partial charge in [0.15, 0.2) is 11.3 Å². The first kappa shape index (κ1) is 19.4. The second-order valence-corrected chi connectivity index (χ2v) is 7.81. The van der Waals surface area contributed by atoms with Crippen molar-refractivity contribution < 1.29 is 14.5 Å². The highest BCUT2D eigenvalue weighted by molar-refractivity contribution is 9.10. The molecular formula is C18H14BrN5O4S. The van der Waals surface area contributed by atoms with Crippen molar-refractivity contribution in [2.75, 3.05) is 13.4 Å². The molecule has 1 atom stereocenters. The van der Waals surface area contributed by atoms with E-state index in [2.05, 4.69) is 26.3 Å². The Morgan fingerprint density at radius 3 is 2.79 bits per heavy atom. The number of nitro benzene ring substituents is 1. The first-order valence-electron chi connectivity index (χ1n) is 8.36. The Balaban J connectivity index is 2.03. The van der Waals surface area contributed by atoms with Crippen molar-refractivity contribution >= 4 is 50.2 Å². The van der Waals surface area contributed by atoms with E-state index in [0.717, 1.165) is 4.47 Å². The van der Waals surface area contributed by atoms with Crippen LogP contribution in [0.25, 0.3) is 5.70 Å². The standard InChI is InChI=1S/C18H14BrN5O4S/c1-28-14-6-4-10(24(26)27)8-12(14)16-20-13-5-3-9(19)7-11(13)15-17(25)21-18(29-2)22-23(15)16/h3-8,16H,1-2H3,(H,21,22,25). The number of hydrogen-bond acceptors (Lipinski definition) is 8. The van der Waals surface area contributed by atoms with E-state index in [1.165, 1.54) is 42.1 Å². The van der Waals surface area contributed by atoms with Crippen LogP contribution < -0.4 is 20.6 Å². The number of amides is 1. The number of nitrogens with one attached hydrogen (secondary N) is 1. The number of nitrogens with zero attached hydrogens (tertiary/aromatic N) is 4. The normalized spacial score (nSPS) is 17.6. The summed E-state index contributed by atoms with van der Waals surface area (Å²) in [5.74, 6) is 0.0872. The fraction of sp³-hybridized carbons (Fsp3) is 0.167. The van der Waals surface area contributed by atoms with Crippen LogP contribution in [0.1, 0.15) is 11.7 Å². The SMILES string of the molecule is COc1ccc([N+](=O)[O-])cc1C1N=c2ccc(Br)cc2=C2C(=O)NC(SC)=NN21. The van der Waals surface area contributed by atoms with Crippen LogP contribution in [-0.4, -0.2) is 34.4 Å². The van der Waals surface area contributed by atoms with Crippen LogP contribution in [0, 0.1) is 10.1 Å². The minimum atomic E-state index is -0.804. The summed E-state index contributed by atoms with van der Waals surface area (Å²) < 4.78 is 6.21. The molecule has 11 heteroatoms. The summed E-state index contributed by atoms with van der Waals surface area (Å²) >= 11 is 4.70. The molecule has 2 aromatic carbocycles. The Labute approximate surface area is 177 Å². The number of thioether (sulfide) groups is 1. The maximum Gasteiger partial charge on any atom is 0.276 e. The third-order valence-electron chi connectivity index (χ3n) is 4.47. The number of carbonyl (C=O) groups excluding carboxylic acids is 1. The van der Waals surface area contributed by atoms with E-state index in [9.17, 15) is 14.9 Å². The molecule has 0 fully saturated rings. The summed E-state index contributed by atoms with van der Waals surface area (Å²) in [5, 5.41) is 21.7. The molecule has 2 aliphatic heterocycles. The molecule has 0 aliphatic carbocycles. The third-order valence-corrected chi connectivity index (χ3v) is 5.53. The Morgan fingerprint density at radius 1 is 1.31 bits per heavy atom. The topological polar surface area (TPSA) is 109 Å². The van der Waals surface area contributed by atoms with Gasteiger partial charge in [-0.15, -0.1) is 5.10 Å². The second kappa shape index (κ2) is 7.48. The highest BCUT2D eigenvalue weighted by Gasteiger charge is 2.36. The Bertz CT molecular complexity index is 1200. The van der Waals surface area contributed by atoms with E-state index in [-0.39, 0.29) is 11.6 Å². The summed E-state index contributed by atoms with van der Waals surface area (Å²) in [5.41, 5.74) is 0.647. The van der Waals surface area contributed by atoms with Crippen molar-refractivity contribution in [2.45, 2.75) is 6.17 Å². The van der Waals surface area contributed by atoms with Crippen molar-refractivity contribution in [1.82, 2.24) is 10.3 Å². The molecule has 0 saturated heterocycles. The van der Waals surface area contributed by atoms with Crippen LogP contribution in [0.4, 0.5) is 5.69 Å². The van der Waals surface area contributed by atoms with E-state index in [1.807, 2.05) is 6.07 Å². The van der Waals surface area contributed by atoms with Crippen molar-refractivity contribution in [1.29, 1.82) is 0 Å². The summed E-state index contributed by atoms with van der Waals surface area (Å²) in [6.07, 6.45) is 0.986. The first-order chi connectivity index (χ1) is 13.9. The Morgan fingerprint density at radius 2 is 2.10 bits per heavy atom. The van der Waals surface area contributed by atoms with Crippen molar-refractivity contribution in [3.63, 3.8) is 0 Å². The molecule has 4 rings (SSSR count). The quantitative estimate of drug-likeness (QED) is 0.535. The molecule has 1 amide bonds. The molecule has 2 aliphatic rings. The fourth-order valence-corrected chi connectivity index (χ4v) is 3.91. The van der Waals surface area contributed by atoms with Crippen LogP contribution in [0.15, 0.2) is 51.0 Å². The molecular weight excluding hydrogens is 462 g/mol. The van der Waals surface area contributed by atoms with E-state index in [1.54, 1.807) is 18.4 Å². The number of non-ortho nitro benzene ring substituents is 1. The molecule has 29 heavy (non-hydrogen) atoms. The monoisotopic (exact) mass is 475 g/mol. The van der Waals surface area contributed by atoms with Gasteiger partial charge in [-0.2, -0.15) is 0 Å². The summed E-state index contributed by atoms with van der Waals surface area (Å²) in [6.45, 7) is 0. The molecule has 0 bridgehead atoms. The molecule has 2 heterocycles. The predicted molar refractivity (Wildman–Crippen MR) is 112 cm³/mol. The number of hydrazone groups is 1. The number of halogens is 1. The van der Waals surface area contributed by atoms with Crippen molar-refractivity contribution in [3.05, 3.63) is 67.1 Å². The lowest BCUT2D eigenvalue weighted by Gasteiger charge is -2.34. The predicted octanol–water partition coefficient (Wildman–Crippen LogP) is 1.87. The van der Waals surface area contributed by atoms with Crippen LogP contribution >= 0.6 is 27.7 Å². The van der Waals surface area contributed by atoms with E-state index in [4.69, 9.17) is 9.73 Å². The van der Waals surface area contributed by atoms with Crippen LogP contribution in [0.2, 0.25) is 0 Å². The molecule has 0 saturated carbocycles. The van der Waals surface area contributed by atoms with Gasteiger partial charge in [-0.05, 0) is 30.5 Å². The zero-order chi connectivity index (χ0) is 20.7. The van der Waals surface area contributed by atoms with Gasteiger partial charge in [0.05, 0.1) is 17.4 Å². The molecule has 148 valence electrons. The number of benzene rings is 2. The largest absolute Gasteiger partial charge is 0.496 e. The smallest absolute Gasteiger partial charge is 0.276 e. The van der Waals surface area contributed by atoms with Crippen LogP contribution in [-0.2, 0) is 4.79 Å². The highest BCUT2D eigenvalue weighted by Crippen LogP contribution is 2.37. The first-order valence-corrected chi connectivity index (χ1v) is 10.4. The van der Waals surface area contributed by atoms with E-state index >= 15 is 0 Å². The summed E-state index contributed by atoms with van der Waals surface area (Å²) in [4.78, 5) is 28.5. The van der Waals surface area contributed by atoms with E-state index < -0.39 is 11.1 Å². The van der Waals surface area contributed by atoms with Gasteiger partial charge in [-0.3, -0.25) is 25.2 Å². The molecule has 0 spiro atoms. The zero-order valence-electron chi connectivity index (χ0n) is 15.2. The van der Waals surface area contributed by atoms with Gasteiger partial charge in [0.2, 0.25) is 0 Å². The van der Waals surface area contributed by atoms with Gasteiger partial charge in [0.25, 0.3) is 11.6 Å². The maximum atomic E-state index is 12.9. The second-order valence-electron chi connectivity index (χ2n) is 6.10. The average molecular weight is 476 g/mol. The van der Waals surface area contributed by atoms with E-state index in [0.29, 0.717) is 32.8 Å². The number of methoxy groups -OCH3 is 1. The van der Waals surface area contributed by atoms with Gasteiger partial charge in [-0.1, -0.05) is 27.7 Å². The third kappa shape index (κ3) is 3.36. The van der Waals surface area contributed by atoms with Gasteiger partial charge >= 0.3 is 0 Å². The van der Waals surface area contributed by atoms with Gasteiger partial charge in [0.1, 0.15) is 11.4 Å². The van der Waals surface area contributed by atoms with Crippen LogP contribution in [0.5, 0.6) is 5.75 Å². The number of rotatable bonds is 3. The molecule has 9 nitrogen and oxygen atoms in total. The fourth-order valence-electron chi connectivity index (χ4n) is 3.18. The molecule has 0 radical (unpaired) electrons. The highest BCUT2D eigenvalue weighted by atomic mass is 79.9. The lowest BCUT2D eigenvalue weighted by molar-refractivity contribution is -0.385. The number of amidine groups is 1. The summed E-state index contributed by atoms with van der Waals surface area (Å²) in [6, 6.07) is 9.67. The molecule has 0 aromatic heterocycles. The minimum Gasteiger partial charge on any atom is -0.496 e. The zero-order valence-corrected chi connectivity index (χ0v) is 17.7. The van der Waals surface area contributed by atoms with Gasteiger partial charge in [0, 0.05) is 27.4 Å². The minimum absolute atomic E-state index is 0.102.